The number of carbonyl (C=O) groups is 2. The zero-order chi connectivity index (χ0) is 17.1. The third-order valence-corrected chi connectivity index (χ3v) is 3.99. The molecule has 1 aromatic carbocycles. The van der Waals surface area contributed by atoms with Gasteiger partial charge in [0.1, 0.15) is 5.75 Å². The highest BCUT2D eigenvalue weighted by Gasteiger charge is 2.31. The van der Waals surface area contributed by atoms with Gasteiger partial charge < -0.3 is 19.6 Å². The van der Waals surface area contributed by atoms with Crippen LogP contribution in [0, 0.1) is 0 Å². The van der Waals surface area contributed by atoms with E-state index in [1.54, 1.807) is 11.8 Å². The predicted molar refractivity (Wildman–Crippen MR) is 89.3 cm³/mol. The molecule has 1 atom stereocenters. The topological polar surface area (TPSA) is 70.1 Å². The lowest BCUT2D eigenvalue weighted by Crippen LogP contribution is -2.44. The number of rotatable bonds is 6. The first-order valence-corrected chi connectivity index (χ1v) is 7.95. The monoisotopic (exact) mass is 320 g/mol. The van der Waals surface area contributed by atoms with Gasteiger partial charge in [-0.05, 0) is 39.8 Å². The van der Waals surface area contributed by atoms with Crippen molar-refractivity contribution < 1.29 is 19.4 Å². The summed E-state index contributed by atoms with van der Waals surface area (Å²) in [5, 5.41) is 8.92. The van der Waals surface area contributed by atoms with E-state index in [1.165, 1.54) is 0 Å². The Balaban J connectivity index is 2.33. The maximum atomic E-state index is 12.1. The van der Waals surface area contributed by atoms with Gasteiger partial charge in [-0.1, -0.05) is 0 Å². The zero-order valence-electron chi connectivity index (χ0n) is 14.1. The summed E-state index contributed by atoms with van der Waals surface area (Å²) < 4.78 is 5.74. The van der Waals surface area contributed by atoms with Crippen LogP contribution in [0.2, 0.25) is 0 Å². The van der Waals surface area contributed by atoms with E-state index in [0.717, 1.165) is 11.4 Å². The van der Waals surface area contributed by atoms with Crippen LogP contribution in [0.3, 0.4) is 0 Å². The van der Waals surface area contributed by atoms with E-state index in [1.807, 2.05) is 43.9 Å². The van der Waals surface area contributed by atoms with Crippen LogP contribution in [-0.2, 0) is 9.59 Å². The minimum Gasteiger partial charge on any atom is -0.481 e. The molecular weight excluding hydrogens is 296 g/mol. The van der Waals surface area contributed by atoms with Gasteiger partial charge in [-0.3, -0.25) is 9.59 Å². The summed E-state index contributed by atoms with van der Waals surface area (Å²) in [6, 6.07) is 5.84. The van der Waals surface area contributed by atoms with Crippen molar-refractivity contribution in [3.63, 3.8) is 0 Å². The molecule has 6 heteroatoms. The molecule has 1 aromatic rings. The highest BCUT2D eigenvalue weighted by Crippen LogP contribution is 2.37. The maximum absolute atomic E-state index is 12.1. The molecule has 0 aromatic heterocycles. The Bertz CT molecular complexity index is 600. The van der Waals surface area contributed by atoms with E-state index < -0.39 is 12.1 Å². The standard InChI is InChI=1S/C17H24N2O4/c1-5-18-14-7-6-13(10-15(14)23-12(4)17(18)22)19(11(2)3)9-8-16(20)21/h6-7,10-12H,5,8-9H2,1-4H3,(H,20,21). The molecule has 126 valence electrons. The number of benzene rings is 1. The molecule has 1 aliphatic rings. The number of ether oxygens (including phenoxy) is 1. The van der Waals surface area contributed by atoms with Crippen LogP contribution in [0.5, 0.6) is 5.75 Å². The molecule has 0 saturated heterocycles. The molecule has 0 bridgehead atoms. The number of fused-ring (bicyclic) bond motifs is 1. The number of carboxylic acids is 1. The molecule has 0 radical (unpaired) electrons. The number of amides is 1. The fourth-order valence-electron chi connectivity index (χ4n) is 2.81. The van der Waals surface area contributed by atoms with Crippen LogP contribution in [0.1, 0.15) is 34.1 Å². The van der Waals surface area contributed by atoms with Crippen molar-refractivity contribution in [1.29, 1.82) is 0 Å². The number of carbonyl (C=O) groups excluding carboxylic acids is 1. The summed E-state index contributed by atoms with van der Waals surface area (Å²) in [6.07, 6.45) is -0.434. The molecule has 1 heterocycles. The lowest BCUT2D eigenvalue weighted by molar-refractivity contribution is -0.136. The smallest absolute Gasteiger partial charge is 0.305 e. The first-order valence-electron chi connectivity index (χ1n) is 7.95. The van der Waals surface area contributed by atoms with Gasteiger partial charge in [-0.15, -0.1) is 0 Å². The van der Waals surface area contributed by atoms with Gasteiger partial charge in [0.2, 0.25) is 0 Å². The van der Waals surface area contributed by atoms with Crippen molar-refractivity contribution in [3.05, 3.63) is 18.2 Å². The molecule has 1 N–H and O–H groups in total. The Labute approximate surface area is 136 Å². The largest absolute Gasteiger partial charge is 0.481 e. The highest BCUT2D eigenvalue weighted by atomic mass is 16.5. The van der Waals surface area contributed by atoms with E-state index >= 15 is 0 Å². The molecule has 0 aliphatic carbocycles. The zero-order valence-corrected chi connectivity index (χ0v) is 14.1. The van der Waals surface area contributed by atoms with Gasteiger partial charge >= 0.3 is 5.97 Å². The minimum atomic E-state index is -0.818. The fourth-order valence-corrected chi connectivity index (χ4v) is 2.81. The maximum Gasteiger partial charge on any atom is 0.305 e. The minimum absolute atomic E-state index is 0.0423. The van der Waals surface area contributed by atoms with Crippen LogP contribution in [0.15, 0.2) is 18.2 Å². The van der Waals surface area contributed by atoms with Crippen molar-refractivity contribution in [2.45, 2.75) is 46.3 Å². The van der Waals surface area contributed by atoms with E-state index in [9.17, 15) is 9.59 Å². The molecule has 0 fully saturated rings. The predicted octanol–water partition coefficient (Wildman–Crippen LogP) is 2.51. The van der Waals surface area contributed by atoms with Crippen molar-refractivity contribution in [3.8, 4) is 5.75 Å². The summed E-state index contributed by atoms with van der Waals surface area (Å²) in [7, 11) is 0. The third-order valence-electron chi connectivity index (χ3n) is 3.99. The summed E-state index contributed by atoms with van der Waals surface area (Å²) in [5.41, 5.74) is 1.67. The Kier molecular flexibility index (Phi) is 5.13. The number of hydrogen-bond donors (Lipinski definition) is 1. The summed E-state index contributed by atoms with van der Waals surface area (Å²) in [6.45, 7) is 8.73. The second-order valence-corrected chi connectivity index (χ2v) is 5.93. The number of aliphatic carboxylic acids is 1. The van der Waals surface area contributed by atoms with Gasteiger partial charge in [0.25, 0.3) is 5.91 Å². The van der Waals surface area contributed by atoms with E-state index in [0.29, 0.717) is 18.8 Å². The SMILES string of the molecule is CCN1C(=O)C(C)Oc2cc(N(CCC(=O)O)C(C)C)ccc21. The molecular formula is C17H24N2O4. The average Bonchev–Trinajstić information content (AvgIpc) is 2.48. The molecule has 1 amide bonds. The van der Waals surface area contributed by atoms with Gasteiger partial charge in [-0.2, -0.15) is 0 Å². The molecule has 1 aliphatic heterocycles. The Morgan fingerprint density at radius 2 is 2.13 bits per heavy atom. The van der Waals surface area contributed by atoms with Gasteiger partial charge in [-0.25, -0.2) is 0 Å². The lowest BCUT2D eigenvalue weighted by Gasteiger charge is -2.34. The summed E-state index contributed by atoms with van der Waals surface area (Å²) in [5.74, 6) is -0.196. The van der Waals surface area contributed by atoms with Crippen LogP contribution in [0.25, 0.3) is 0 Å². The first-order chi connectivity index (χ1) is 10.8. The molecule has 23 heavy (non-hydrogen) atoms. The number of likely N-dealkylation sites (N-methyl/N-ethyl adjacent to an activating group) is 1. The Hall–Kier alpha value is -2.24. The lowest BCUT2D eigenvalue weighted by atomic mass is 10.1. The van der Waals surface area contributed by atoms with Gasteiger partial charge in [0.15, 0.2) is 6.10 Å². The summed E-state index contributed by atoms with van der Waals surface area (Å²) >= 11 is 0. The van der Waals surface area contributed by atoms with E-state index in [-0.39, 0.29) is 18.4 Å². The molecule has 0 saturated carbocycles. The molecule has 1 unspecified atom stereocenters. The molecule has 2 rings (SSSR count). The molecule has 0 spiro atoms. The van der Waals surface area contributed by atoms with Crippen LogP contribution >= 0.6 is 0 Å². The average molecular weight is 320 g/mol. The number of nitrogens with zero attached hydrogens (tertiary/aromatic N) is 2. The van der Waals surface area contributed by atoms with Crippen LogP contribution in [-0.4, -0.2) is 42.2 Å². The molecule has 6 nitrogen and oxygen atoms in total. The third kappa shape index (κ3) is 3.57. The number of carboxylic acid groups (broad SMARTS) is 1. The van der Waals surface area contributed by atoms with Crippen LogP contribution in [0.4, 0.5) is 11.4 Å². The van der Waals surface area contributed by atoms with Crippen LogP contribution < -0.4 is 14.5 Å². The van der Waals surface area contributed by atoms with Gasteiger partial charge in [0, 0.05) is 30.9 Å². The van der Waals surface area contributed by atoms with Gasteiger partial charge in [0.05, 0.1) is 12.1 Å². The van der Waals surface area contributed by atoms with Crippen molar-refractivity contribution in [2.75, 3.05) is 22.9 Å². The second-order valence-electron chi connectivity index (χ2n) is 5.93. The van der Waals surface area contributed by atoms with E-state index in [4.69, 9.17) is 9.84 Å². The first kappa shape index (κ1) is 17.1. The van der Waals surface area contributed by atoms with Crippen molar-refractivity contribution >= 4 is 23.3 Å². The quantitative estimate of drug-likeness (QED) is 0.872. The van der Waals surface area contributed by atoms with Crippen molar-refractivity contribution in [2.24, 2.45) is 0 Å². The van der Waals surface area contributed by atoms with E-state index in [2.05, 4.69) is 0 Å². The second kappa shape index (κ2) is 6.89. The highest BCUT2D eigenvalue weighted by molar-refractivity contribution is 6.00. The van der Waals surface area contributed by atoms with Crippen molar-refractivity contribution in [1.82, 2.24) is 0 Å². The Morgan fingerprint density at radius 3 is 2.70 bits per heavy atom. The fraction of sp³-hybridized carbons (Fsp3) is 0.529. The normalized spacial score (nSPS) is 17.0. The number of anilines is 2. The number of hydrogen-bond acceptors (Lipinski definition) is 4. The Morgan fingerprint density at radius 1 is 1.43 bits per heavy atom. The summed E-state index contributed by atoms with van der Waals surface area (Å²) in [4.78, 5) is 26.7.